The number of benzene rings is 2. The fourth-order valence-electron chi connectivity index (χ4n) is 3.44. The van der Waals surface area contributed by atoms with E-state index < -0.39 is 0 Å². The lowest BCUT2D eigenvalue weighted by atomic mass is 9.97. The molecule has 6 heteroatoms. The summed E-state index contributed by atoms with van der Waals surface area (Å²) in [6, 6.07) is 18.2. The maximum Gasteiger partial charge on any atom is 0.232 e. The Kier molecular flexibility index (Phi) is 7.64. The quantitative estimate of drug-likeness (QED) is 0.583. The van der Waals surface area contributed by atoms with E-state index in [1.807, 2.05) is 47.4 Å². The summed E-state index contributed by atoms with van der Waals surface area (Å²) in [7, 11) is 1.74. The number of hydrogen-bond donors (Lipinski definition) is 2. The van der Waals surface area contributed by atoms with Crippen LogP contribution >= 0.6 is 0 Å². The van der Waals surface area contributed by atoms with E-state index >= 15 is 0 Å². The van der Waals surface area contributed by atoms with Gasteiger partial charge in [0.1, 0.15) is 0 Å². The average molecular weight is 395 g/mol. The van der Waals surface area contributed by atoms with Crippen molar-refractivity contribution >= 4 is 11.9 Å². The monoisotopic (exact) mass is 394 g/mol. The van der Waals surface area contributed by atoms with Crippen molar-refractivity contribution in [1.82, 2.24) is 15.5 Å². The summed E-state index contributed by atoms with van der Waals surface area (Å²) in [5.74, 6) is 0.539. The van der Waals surface area contributed by atoms with Crippen LogP contribution in [0.25, 0.3) is 0 Å². The molecule has 1 heterocycles. The summed E-state index contributed by atoms with van der Waals surface area (Å²) in [5, 5.41) is 6.68. The Morgan fingerprint density at radius 3 is 2.45 bits per heavy atom. The Morgan fingerprint density at radius 2 is 1.76 bits per heavy atom. The molecule has 1 aliphatic rings. The molecule has 3 rings (SSSR count). The van der Waals surface area contributed by atoms with Crippen molar-refractivity contribution < 1.29 is 9.53 Å². The molecular formula is C23H30N4O2. The highest BCUT2D eigenvalue weighted by molar-refractivity contribution is 5.86. The van der Waals surface area contributed by atoms with Crippen LogP contribution < -0.4 is 10.6 Å². The lowest BCUT2D eigenvalue weighted by Gasteiger charge is -2.31. The third-order valence-electron chi connectivity index (χ3n) is 5.23. The summed E-state index contributed by atoms with van der Waals surface area (Å²) in [4.78, 5) is 19.4. The van der Waals surface area contributed by atoms with Crippen LogP contribution in [-0.4, -0.2) is 56.7 Å². The molecule has 2 aromatic rings. The number of hydrogen-bond acceptors (Lipinski definition) is 3. The third kappa shape index (κ3) is 5.81. The number of carbonyl (C=O) groups excluding carboxylic acids is 1. The molecule has 2 N–H and O–H groups in total. The van der Waals surface area contributed by atoms with Gasteiger partial charge in [-0.15, -0.1) is 0 Å². The lowest BCUT2D eigenvalue weighted by Crippen LogP contribution is -2.47. The Morgan fingerprint density at radius 1 is 1.07 bits per heavy atom. The number of aryl methyl sites for hydroxylation is 1. The second-order valence-corrected chi connectivity index (χ2v) is 7.13. The second kappa shape index (κ2) is 10.6. The van der Waals surface area contributed by atoms with Crippen molar-refractivity contribution in [2.75, 3.05) is 39.9 Å². The number of carbonyl (C=O) groups is 1. The van der Waals surface area contributed by atoms with E-state index in [9.17, 15) is 4.79 Å². The summed E-state index contributed by atoms with van der Waals surface area (Å²) in [6.07, 6.45) is 0. The molecule has 29 heavy (non-hydrogen) atoms. The van der Waals surface area contributed by atoms with Crippen LogP contribution in [0.5, 0.6) is 0 Å². The van der Waals surface area contributed by atoms with Crippen LogP contribution in [0.3, 0.4) is 0 Å². The van der Waals surface area contributed by atoms with E-state index in [1.54, 1.807) is 7.05 Å². The zero-order valence-corrected chi connectivity index (χ0v) is 17.2. The molecule has 6 nitrogen and oxygen atoms in total. The number of ether oxygens (including phenoxy) is 1. The van der Waals surface area contributed by atoms with Crippen LogP contribution in [0.2, 0.25) is 0 Å². The van der Waals surface area contributed by atoms with Gasteiger partial charge in [0.25, 0.3) is 0 Å². The SMILES string of the molecule is CN=C(NCc1ccccc1C)NCC(C(=O)N1CCOCC1)c1ccccc1. The summed E-state index contributed by atoms with van der Waals surface area (Å²) >= 11 is 0. The summed E-state index contributed by atoms with van der Waals surface area (Å²) in [6.45, 7) is 5.73. The van der Waals surface area contributed by atoms with Gasteiger partial charge in [-0.25, -0.2) is 0 Å². The molecule has 0 aromatic heterocycles. The molecule has 2 aromatic carbocycles. The van der Waals surface area contributed by atoms with Crippen molar-refractivity contribution in [3.63, 3.8) is 0 Å². The van der Waals surface area contributed by atoms with Crippen LogP contribution in [0, 0.1) is 6.92 Å². The Balaban J connectivity index is 1.65. The maximum atomic E-state index is 13.2. The molecule has 1 saturated heterocycles. The predicted molar refractivity (Wildman–Crippen MR) is 116 cm³/mol. The summed E-state index contributed by atoms with van der Waals surface area (Å²) < 4.78 is 5.40. The lowest BCUT2D eigenvalue weighted by molar-refractivity contribution is -0.136. The first-order chi connectivity index (χ1) is 14.2. The topological polar surface area (TPSA) is 66.0 Å². The van der Waals surface area contributed by atoms with Crippen molar-refractivity contribution in [1.29, 1.82) is 0 Å². The minimum absolute atomic E-state index is 0.126. The normalized spacial score (nSPS) is 15.7. The maximum absolute atomic E-state index is 13.2. The zero-order chi connectivity index (χ0) is 20.5. The van der Waals surface area contributed by atoms with Gasteiger partial charge >= 0.3 is 0 Å². The Hall–Kier alpha value is -2.86. The third-order valence-corrected chi connectivity index (χ3v) is 5.23. The first-order valence-electron chi connectivity index (χ1n) is 10.1. The van der Waals surface area contributed by atoms with Gasteiger partial charge < -0.3 is 20.3 Å². The minimum Gasteiger partial charge on any atom is -0.378 e. The molecule has 0 spiro atoms. The van der Waals surface area contributed by atoms with E-state index in [-0.39, 0.29) is 11.8 Å². The van der Waals surface area contributed by atoms with E-state index in [1.165, 1.54) is 11.1 Å². The molecule has 0 bridgehead atoms. The first kappa shape index (κ1) is 20.9. The Bertz CT molecular complexity index is 817. The van der Waals surface area contributed by atoms with Crippen molar-refractivity contribution in [2.45, 2.75) is 19.4 Å². The van der Waals surface area contributed by atoms with Gasteiger partial charge in [0.15, 0.2) is 5.96 Å². The van der Waals surface area contributed by atoms with E-state index in [2.05, 4.69) is 34.7 Å². The molecule has 0 aliphatic carbocycles. The number of aliphatic imine (C=N–C) groups is 1. The number of morpholine rings is 1. The van der Waals surface area contributed by atoms with Gasteiger partial charge in [-0.3, -0.25) is 9.79 Å². The van der Waals surface area contributed by atoms with Crippen molar-refractivity contribution in [3.8, 4) is 0 Å². The van der Waals surface area contributed by atoms with Crippen LogP contribution in [-0.2, 0) is 16.1 Å². The number of nitrogens with one attached hydrogen (secondary N) is 2. The van der Waals surface area contributed by atoms with Crippen molar-refractivity contribution in [2.24, 2.45) is 4.99 Å². The number of guanidine groups is 1. The zero-order valence-electron chi connectivity index (χ0n) is 17.2. The largest absolute Gasteiger partial charge is 0.378 e. The first-order valence-corrected chi connectivity index (χ1v) is 10.1. The number of rotatable bonds is 6. The van der Waals surface area contributed by atoms with Gasteiger partial charge in [0.05, 0.1) is 19.1 Å². The standard InChI is InChI=1S/C23H30N4O2/c1-18-8-6-7-11-20(18)16-25-23(24-2)26-17-21(19-9-4-3-5-10-19)22(28)27-12-14-29-15-13-27/h3-11,21H,12-17H2,1-2H3,(H2,24,25,26). The minimum atomic E-state index is -0.272. The van der Waals surface area contributed by atoms with Gasteiger partial charge in [-0.2, -0.15) is 0 Å². The number of amides is 1. The second-order valence-electron chi connectivity index (χ2n) is 7.13. The molecule has 0 radical (unpaired) electrons. The highest BCUT2D eigenvalue weighted by Crippen LogP contribution is 2.19. The fourth-order valence-corrected chi connectivity index (χ4v) is 3.44. The van der Waals surface area contributed by atoms with E-state index in [4.69, 9.17) is 4.74 Å². The smallest absolute Gasteiger partial charge is 0.232 e. The highest BCUT2D eigenvalue weighted by atomic mass is 16.5. The van der Waals surface area contributed by atoms with Gasteiger partial charge in [0.2, 0.25) is 5.91 Å². The average Bonchev–Trinajstić information content (AvgIpc) is 2.78. The predicted octanol–water partition coefficient (Wildman–Crippen LogP) is 2.30. The highest BCUT2D eigenvalue weighted by Gasteiger charge is 2.27. The van der Waals surface area contributed by atoms with Gasteiger partial charge in [-0.1, -0.05) is 54.6 Å². The molecule has 1 atom stereocenters. The van der Waals surface area contributed by atoms with Crippen LogP contribution in [0.4, 0.5) is 0 Å². The van der Waals surface area contributed by atoms with Crippen LogP contribution in [0.1, 0.15) is 22.6 Å². The summed E-state index contributed by atoms with van der Waals surface area (Å²) in [5.41, 5.74) is 3.46. The fraction of sp³-hybridized carbons (Fsp3) is 0.391. The molecular weight excluding hydrogens is 364 g/mol. The van der Waals surface area contributed by atoms with Crippen LogP contribution in [0.15, 0.2) is 59.6 Å². The van der Waals surface area contributed by atoms with Crippen molar-refractivity contribution in [3.05, 3.63) is 71.3 Å². The van der Waals surface area contributed by atoms with E-state index in [0.717, 1.165) is 5.56 Å². The molecule has 154 valence electrons. The Labute approximate surface area is 173 Å². The van der Waals surface area contributed by atoms with Gasteiger partial charge in [0, 0.05) is 33.2 Å². The van der Waals surface area contributed by atoms with E-state index in [0.29, 0.717) is 45.4 Å². The molecule has 0 saturated carbocycles. The molecule has 1 amide bonds. The molecule has 1 unspecified atom stereocenters. The number of nitrogens with zero attached hydrogens (tertiary/aromatic N) is 2. The molecule has 1 fully saturated rings. The van der Waals surface area contributed by atoms with Gasteiger partial charge in [-0.05, 0) is 23.6 Å². The molecule has 1 aliphatic heterocycles.